The molecule has 6 heteroatoms. The first-order chi connectivity index (χ1) is 20.2. The number of ether oxygens (including phenoxy) is 3. The molecule has 5 aliphatic rings. The van der Waals surface area contributed by atoms with Crippen LogP contribution in [0.2, 0.25) is 0 Å². The van der Waals surface area contributed by atoms with Gasteiger partial charge in [0.2, 0.25) is 0 Å². The van der Waals surface area contributed by atoms with Gasteiger partial charge in [-0.25, -0.2) is 0 Å². The second-order valence-corrected chi connectivity index (χ2v) is 15.8. The Morgan fingerprint density at radius 3 is 2.56 bits per heavy atom. The summed E-state index contributed by atoms with van der Waals surface area (Å²) in [6.45, 7) is 17.5. The van der Waals surface area contributed by atoms with E-state index in [0.717, 1.165) is 32.1 Å². The number of benzene rings is 1. The number of aromatic nitrogens is 1. The van der Waals surface area contributed by atoms with Gasteiger partial charge < -0.3 is 29.4 Å². The minimum atomic E-state index is -1.12. The summed E-state index contributed by atoms with van der Waals surface area (Å²) >= 11 is 0. The zero-order chi connectivity index (χ0) is 30.7. The number of epoxide rings is 1. The third kappa shape index (κ3) is 3.83. The second-order valence-electron chi connectivity index (χ2n) is 15.8. The molecule has 234 valence electrons. The van der Waals surface area contributed by atoms with Crippen LogP contribution in [-0.4, -0.2) is 63.0 Å². The van der Waals surface area contributed by atoms with Gasteiger partial charge in [0.1, 0.15) is 23.9 Å². The van der Waals surface area contributed by atoms with E-state index in [4.69, 9.17) is 14.2 Å². The first-order valence-electron chi connectivity index (χ1n) is 16.5. The molecule has 2 saturated carbocycles. The molecule has 2 aliphatic heterocycles. The maximum atomic E-state index is 13.1. The largest absolute Gasteiger partial charge is 0.387 e. The van der Waals surface area contributed by atoms with Gasteiger partial charge in [-0.3, -0.25) is 0 Å². The molecular formula is C37H51NO5. The van der Waals surface area contributed by atoms with Crippen molar-refractivity contribution in [2.45, 2.75) is 141 Å². The average molecular weight is 590 g/mol. The standard InChI is InChI=1S/C37H51NO5/c1-21(2)9-10-23-11-12-27-25(19-23)26-20-24-13-17-36(40)34(7,35(24,8)30(26)38-27)16-14-28-37(36)32(43-37)29(39)31(42-28)33(5,6)41-18-15-22(3)4/h9,11-12,15,19,24,28-29,31-32,38-40H,10,13-14,16-18,20H2,1-8H3/t24-,28?,29+,31-,32?,34+,35+,36-,37?/m0/s1. The molecule has 0 bridgehead atoms. The van der Waals surface area contributed by atoms with Crippen molar-refractivity contribution in [2.24, 2.45) is 11.3 Å². The number of fused-ring (bicyclic) bond motifs is 7. The van der Waals surface area contributed by atoms with E-state index < -0.39 is 40.5 Å². The van der Waals surface area contributed by atoms with E-state index in [0.29, 0.717) is 18.9 Å². The van der Waals surface area contributed by atoms with Crippen LogP contribution in [0.25, 0.3) is 10.9 Å². The predicted octanol–water partition coefficient (Wildman–Crippen LogP) is 6.46. The highest BCUT2D eigenvalue weighted by molar-refractivity contribution is 5.87. The lowest BCUT2D eigenvalue weighted by atomic mass is 9.40. The number of aliphatic hydroxyl groups excluding tert-OH is 1. The van der Waals surface area contributed by atoms with Crippen LogP contribution in [-0.2, 0) is 32.5 Å². The molecule has 1 spiro atoms. The van der Waals surface area contributed by atoms with Gasteiger partial charge in [0, 0.05) is 27.4 Å². The SMILES string of the molecule is CC(C)=CCOC(C)(C)[C@H]1OC2CC[C@]3(C)[C@@]4(C)c5[nH]c6ccc(CC=C(C)C)cc6c5C[C@@H]4CC[C@@]3(O)C23OC3[C@@H]1O. The van der Waals surface area contributed by atoms with Gasteiger partial charge in [0.05, 0.1) is 18.3 Å². The van der Waals surface area contributed by atoms with Crippen LogP contribution in [0.3, 0.4) is 0 Å². The fourth-order valence-corrected chi connectivity index (χ4v) is 10.0. The average Bonchev–Trinajstić information content (AvgIpc) is 3.52. The van der Waals surface area contributed by atoms with E-state index in [1.165, 1.54) is 38.9 Å². The van der Waals surface area contributed by atoms with E-state index >= 15 is 0 Å². The van der Waals surface area contributed by atoms with Crippen molar-refractivity contribution in [1.29, 1.82) is 0 Å². The topological polar surface area (TPSA) is 87.2 Å². The fraction of sp³-hybridized carbons (Fsp3) is 0.676. The van der Waals surface area contributed by atoms with Crippen LogP contribution in [0.1, 0.15) is 97.9 Å². The van der Waals surface area contributed by atoms with Crippen molar-refractivity contribution in [3.05, 3.63) is 58.3 Å². The molecule has 2 aromatic rings. The molecule has 1 aromatic carbocycles. The summed E-state index contributed by atoms with van der Waals surface area (Å²) < 4.78 is 19.6. The predicted molar refractivity (Wildman–Crippen MR) is 169 cm³/mol. The number of aromatic amines is 1. The molecule has 6 nitrogen and oxygen atoms in total. The van der Waals surface area contributed by atoms with Gasteiger partial charge in [-0.05, 0) is 109 Å². The number of rotatable bonds is 6. The van der Waals surface area contributed by atoms with Crippen LogP contribution >= 0.6 is 0 Å². The summed E-state index contributed by atoms with van der Waals surface area (Å²) in [7, 11) is 0. The lowest BCUT2D eigenvalue weighted by molar-refractivity contribution is -0.283. The van der Waals surface area contributed by atoms with Crippen molar-refractivity contribution < 1.29 is 24.4 Å². The van der Waals surface area contributed by atoms with Gasteiger partial charge in [0.15, 0.2) is 5.60 Å². The van der Waals surface area contributed by atoms with Crippen molar-refractivity contribution in [2.75, 3.05) is 6.61 Å². The fourth-order valence-electron chi connectivity index (χ4n) is 10.0. The van der Waals surface area contributed by atoms with E-state index in [-0.39, 0.29) is 11.5 Å². The quantitative estimate of drug-likeness (QED) is 0.266. The number of allylic oxidation sites excluding steroid dienone is 3. The van der Waals surface area contributed by atoms with Crippen LogP contribution in [0.5, 0.6) is 0 Å². The molecule has 3 aliphatic carbocycles. The molecule has 1 aromatic heterocycles. The van der Waals surface area contributed by atoms with E-state index in [9.17, 15) is 10.2 Å². The van der Waals surface area contributed by atoms with Crippen molar-refractivity contribution >= 4 is 10.9 Å². The Bertz CT molecular complexity index is 1510. The van der Waals surface area contributed by atoms with E-state index in [1.54, 1.807) is 0 Å². The Hall–Kier alpha value is -1.96. The molecule has 4 fully saturated rings. The zero-order valence-corrected chi connectivity index (χ0v) is 27.3. The molecule has 7 rings (SSSR count). The third-order valence-electron chi connectivity index (χ3n) is 12.7. The molecule has 43 heavy (non-hydrogen) atoms. The van der Waals surface area contributed by atoms with E-state index in [1.807, 2.05) is 19.9 Å². The molecule has 2 saturated heterocycles. The Balaban J connectivity index is 1.23. The maximum Gasteiger partial charge on any atom is 0.152 e. The number of hydrogen-bond acceptors (Lipinski definition) is 5. The van der Waals surface area contributed by atoms with Gasteiger partial charge >= 0.3 is 0 Å². The molecular weight excluding hydrogens is 538 g/mol. The molecule has 3 N–H and O–H groups in total. The summed E-state index contributed by atoms with van der Waals surface area (Å²) in [6, 6.07) is 6.85. The lowest BCUT2D eigenvalue weighted by Crippen LogP contribution is -2.76. The van der Waals surface area contributed by atoms with Gasteiger partial charge in [-0.15, -0.1) is 0 Å². The second kappa shape index (κ2) is 9.53. The number of aliphatic hydroxyl groups is 2. The Kier molecular flexibility index (Phi) is 6.59. The monoisotopic (exact) mass is 589 g/mol. The first-order valence-corrected chi connectivity index (χ1v) is 16.5. The van der Waals surface area contributed by atoms with Crippen molar-refractivity contribution in [3.8, 4) is 0 Å². The lowest BCUT2D eigenvalue weighted by Gasteiger charge is -2.66. The summed E-state index contributed by atoms with van der Waals surface area (Å²) in [6.07, 6.45) is 7.37. The third-order valence-corrected chi connectivity index (χ3v) is 12.7. The molecule has 0 amide bonds. The van der Waals surface area contributed by atoms with Crippen LogP contribution in [0.4, 0.5) is 0 Å². The van der Waals surface area contributed by atoms with Crippen LogP contribution in [0, 0.1) is 11.3 Å². The minimum Gasteiger partial charge on any atom is -0.387 e. The van der Waals surface area contributed by atoms with Crippen LogP contribution in [0.15, 0.2) is 41.5 Å². The Labute approximate surface area is 256 Å². The van der Waals surface area contributed by atoms with Gasteiger partial charge in [0.25, 0.3) is 0 Å². The highest BCUT2D eigenvalue weighted by Gasteiger charge is 2.86. The van der Waals surface area contributed by atoms with Gasteiger partial charge in [-0.2, -0.15) is 0 Å². The van der Waals surface area contributed by atoms with E-state index in [2.05, 4.69) is 70.8 Å². The van der Waals surface area contributed by atoms with Crippen molar-refractivity contribution in [1.82, 2.24) is 4.98 Å². The normalized spacial score (nSPS) is 41.0. The number of H-pyrrole nitrogens is 1. The highest BCUT2D eigenvalue weighted by Crippen LogP contribution is 2.75. The summed E-state index contributed by atoms with van der Waals surface area (Å²) in [4.78, 5) is 3.88. The minimum absolute atomic E-state index is 0.251. The summed E-state index contributed by atoms with van der Waals surface area (Å²) in [5, 5.41) is 26.1. The highest BCUT2D eigenvalue weighted by atomic mass is 16.7. The zero-order valence-electron chi connectivity index (χ0n) is 27.3. The molecule has 3 unspecified atom stereocenters. The Morgan fingerprint density at radius 2 is 1.84 bits per heavy atom. The first kappa shape index (κ1) is 29.7. The summed E-state index contributed by atoms with van der Waals surface area (Å²) in [5.41, 5.74) is 4.35. The molecule has 0 radical (unpaired) electrons. The van der Waals surface area contributed by atoms with Crippen LogP contribution < -0.4 is 0 Å². The number of hydrogen-bond donors (Lipinski definition) is 3. The smallest absolute Gasteiger partial charge is 0.152 e. The number of nitrogens with one attached hydrogen (secondary N) is 1. The maximum absolute atomic E-state index is 13.1. The molecule has 9 atom stereocenters. The van der Waals surface area contributed by atoms with Gasteiger partial charge in [-0.1, -0.05) is 43.2 Å². The van der Waals surface area contributed by atoms with Crippen molar-refractivity contribution in [3.63, 3.8) is 0 Å². The molecule has 3 heterocycles. The summed E-state index contributed by atoms with van der Waals surface area (Å²) in [5.74, 6) is 0.444. The Morgan fingerprint density at radius 1 is 1.09 bits per heavy atom.